The van der Waals surface area contributed by atoms with Gasteiger partial charge in [0.25, 0.3) is 5.91 Å². The van der Waals surface area contributed by atoms with Gasteiger partial charge >= 0.3 is 0 Å². The van der Waals surface area contributed by atoms with E-state index in [4.69, 9.17) is 0 Å². The fourth-order valence-electron chi connectivity index (χ4n) is 3.47. The van der Waals surface area contributed by atoms with Crippen LogP contribution in [-0.2, 0) is 17.8 Å². The molecule has 142 valence electrons. The molecule has 0 fully saturated rings. The van der Waals surface area contributed by atoms with Crippen LogP contribution in [0.1, 0.15) is 23.1 Å². The highest BCUT2D eigenvalue weighted by Gasteiger charge is 2.18. The average Bonchev–Trinajstić information content (AvgIpc) is 3.16. The van der Waals surface area contributed by atoms with Crippen LogP contribution >= 0.6 is 0 Å². The Hall–Kier alpha value is -3.41. The third-order valence-corrected chi connectivity index (χ3v) is 4.78. The molecule has 6 heteroatoms. The average molecular weight is 373 g/mol. The summed E-state index contributed by atoms with van der Waals surface area (Å²) >= 11 is 0. The minimum Gasteiger partial charge on any atom is -0.362 e. The summed E-state index contributed by atoms with van der Waals surface area (Å²) in [6, 6.07) is 18.4. The number of fused-ring (bicyclic) bond motifs is 1. The first-order chi connectivity index (χ1) is 13.8. The SMILES string of the molecule is O=C(CN1CCCc2ccccc21)N/N=C\c1cnn(Cc2ccccc2)c1. The van der Waals surface area contributed by atoms with Crippen LogP contribution in [0, 0.1) is 0 Å². The third-order valence-electron chi connectivity index (χ3n) is 4.78. The van der Waals surface area contributed by atoms with E-state index in [-0.39, 0.29) is 5.91 Å². The van der Waals surface area contributed by atoms with Crippen molar-refractivity contribution in [3.05, 3.63) is 83.7 Å². The fraction of sp³-hybridized carbons (Fsp3) is 0.227. The minimum atomic E-state index is -0.121. The number of hydrazone groups is 1. The predicted octanol–water partition coefficient (Wildman–Crippen LogP) is 2.83. The van der Waals surface area contributed by atoms with Crippen molar-refractivity contribution in [2.45, 2.75) is 19.4 Å². The summed E-state index contributed by atoms with van der Waals surface area (Å²) in [5, 5.41) is 8.41. The zero-order valence-electron chi connectivity index (χ0n) is 15.7. The Morgan fingerprint density at radius 3 is 2.86 bits per heavy atom. The zero-order chi connectivity index (χ0) is 19.2. The van der Waals surface area contributed by atoms with Crippen molar-refractivity contribution >= 4 is 17.8 Å². The molecule has 0 bridgehead atoms. The van der Waals surface area contributed by atoms with Crippen molar-refractivity contribution in [3.8, 4) is 0 Å². The molecule has 1 aliphatic rings. The summed E-state index contributed by atoms with van der Waals surface area (Å²) in [4.78, 5) is 14.4. The van der Waals surface area contributed by atoms with Gasteiger partial charge in [-0.2, -0.15) is 10.2 Å². The summed E-state index contributed by atoms with van der Waals surface area (Å²) in [6.07, 6.45) is 7.40. The van der Waals surface area contributed by atoms with Gasteiger partial charge in [-0.3, -0.25) is 9.48 Å². The fourth-order valence-corrected chi connectivity index (χ4v) is 3.47. The number of amides is 1. The molecule has 0 saturated heterocycles. The lowest BCUT2D eigenvalue weighted by molar-refractivity contribution is -0.119. The molecule has 2 heterocycles. The van der Waals surface area contributed by atoms with E-state index in [1.807, 2.05) is 41.2 Å². The number of para-hydroxylation sites is 1. The molecule has 1 aromatic heterocycles. The number of nitrogens with zero attached hydrogens (tertiary/aromatic N) is 4. The molecule has 4 rings (SSSR count). The first kappa shape index (κ1) is 18.0. The van der Waals surface area contributed by atoms with E-state index >= 15 is 0 Å². The molecule has 28 heavy (non-hydrogen) atoms. The van der Waals surface area contributed by atoms with E-state index in [2.05, 4.69) is 44.8 Å². The van der Waals surface area contributed by atoms with E-state index in [9.17, 15) is 4.79 Å². The lowest BCUT2D eigenvalue weighted by atomic mass is 10.0. The van der Waals surface area contributed by atoms with Gasteiger partial charge in [0.1, 0.15) is 0 Å². The number of carbonyl (C=O) groups is 1. The van der Waals surface area contributed by atoms with Gasteiger partial charge in [-0.05, 0) is 30.0 Å². The highest BCUT2D eigenvalue weighted by Crippen LogP contribution is 2.26. The van der Waals surface area contributed by atoms with Crippen LogP contribution in [0.5, 0.6) is 0 Å². The van der Waals surface area contributed by atoms with Gasteiger partial charge in [0.05, 0.1) is 25.5 Å². The van der Waals surface area contributed by atoms with E-state index in [0.29, 0.717) is 13.1 Å². The molecular formula is C22H23N5O. The number of aromatic nitrogens is 2. The van der Waals surface area contributed by atoms with Crippen molar-refractivity contribution in [1.29, 1.82) is 0 Å². The molecule has 0 aliphatic carbocycles. The van der Waals surface area contributed by atoms with Gasteiger partial charge < -0.3 is 4.90 Å². The predicted molar refractivity (Wildman–Crippen MR) is 110 cm³/mol. The van der Waals surface area contributed by atoms with Crippen LogP contribution in [0.2, 0.25) is 0 Å². The lowest BCUT2D eigenvalue weighted by Gasteiger charge is -2.30. The quantitative estimate of drug-likeness (QED) is 0.534. The van der Waals surface area contributed by atoms with Crippen LogP contribution in [0.25, 0.3) is 0 Å². The molecule has 0 saturated carbocycles. The van der Waals surface area contributed by atoms with Gasteiger partial charge in [-0.25, -0.2) is 5.43 Å². The second-order valence-corrected chi connectivity index (χ2v) is 6.90. The van der Waals surface area contributed by atoms with Crippen LogP contribution in [0.3, 0.4) is 0 Å². The van der Waals surface area contributed by atoms with Crippen molar-refractivity contribution in [3.63, 3.8) is 0 Å². The maximum atomic E-state index is 12.3. The van der Waals surface area contributed by atoms with Crippen LogP contribution < -0.4 is 10.3 Å². The van der Waals surface area contributed by atoms with Crippen LogP contribution in [0.15, 0.2) is 72.1 Å². The van der Waals surface area contributed by atoms with Crippen LogP contribution in [0.4, 0.5) is 5.69 Å². The molecule has 0 unspecified atom stereocenters. The van der Waals surface area contributed by atoms with Crippen LogP contribution in [-0.4, -0.2) is 35.0 Å². The molecule has 1 aliphatic heterocycles. The molecule has 0 spiro atoms. The van der Waals surface area contributed by atoms with E-state index < -0.39 is 0 Å². The normalized spacial score (nSPS) is 13.5. The first-order valence-corrected chi connectivity index (χ1v) is 9.49. The molecule has 6 nitrogen and oxygen atoms in total. The Morgan fingerprint density at radius 1 is 1.14 bits per heavy atom. The smallest absolute Gasteiger partial charge is 0.259 e. The molecule has 0 atom stereocenters. The van der Waals surface area contributed by atoms with Gasteiger partial charge in [-0.15, -0.1) is 0 Å². The largest absolute Gasteiger partial charge is 0.362 e. The topological polar surface area (TPSA) is 62.5 Å². The van der Waals surface area contributed by atoms with Crippen molar-refractivity contribution < 1.29 is 4.79 Å². The third kappa shape index (κ3) is 4.46. The highest BCUT2D eigenvalue weighted by atomic mass is 16.2. The van der Waals surface area contributed by atoms with Gasteiger partial charge in [0.2, 0.25) is 0 Å². The van der Waals surface area contributed by atoms with E-state index in [1.165, 1.54) is 11.1 Å². The van der Waals surface area contributed by atoms with Crippen molar-refractivity contribution in [2.24, 2.45) is 5.10 Å². The summed E-state index contributed by atoms with van der Waals surface area (Å²) in [5.74, 6) is -0.121. The number of hydrogen-bond acceptors (Lipinski definition) is 4. The summed E-state index contributed by atoms with van der Waals surface area (Å²) < 4.78 is 1.85. The number of rotatable bonds is 6. The van der Waals surface area contributed by atoms with E-state index in [0.717, 1.165) is 30.6 Å². The molecule has 0 radical (unpaired) electrons. The molecule has 1 N–H and O–H groups in total. The summed E-state index contributed by atoms with van der Waals surface area (Å²) in [6.45, 7) is 1.90. The standard InChI is InChI=1S/C22H23N5O/c28-22(17-26-12-6-10-20-9-4-5-11-21(20)26)25-23-13-19-14-24-27(16-19)15-18-7-2-1-3-8-18/h1-5,7-9,11,13-14,16H,6,10,12,15,17H2,(H,25,28)/b23-13-. The number of hydrogen-bond donors (Lipinski definition) is 1. The number of nitrogens with one attached hydrogen (secondary N) is 1. The van der Waals surface area contributed by atoms with Gasteiger partial charge in [0.15, 0.2) is 0 Å². The molecule has 3 aromatic rings. The number of anilines is 1. The molecular weight excluding hydrogens is 350 g/mol. The second kappa shape index (κ2) is 8.52. The van der Waals surface area contributed by atoms with Crippen molar-refractivity contribution in [1.82, 2.24) is 15.2 Å². The molecule has 2 aromatic carbocycles. The highest BCUT2D eigenvalue weighted by molar-refractivity contribution is 5.84. The van der Waals surface area contributed by atoms with Gasteiger partial charge in [-0.1, -0.05) is 48.5 Å². The number of carbonyl (C=O) groups excluding carboxylic acids is 1. The Kier molecular flexibility index (Phi) is 5.47. The Balaban J connectivity index is 1.30. The van der Waals surface area contributed by atoms with E-state index in [1.54, 1.807) is 12.4 Å². The Labute approximate surface area is 164 Å². The second-order valence-electron chi connectivity index (χ2n) is 6.90. The lowest BCUT2D eigenvalue weighted by Crippen LogP contribution is -2.38. The van der Waals surface area contributed by atoms with Gasteiger partial charge in [0, 0.05) is 24.0 Å². The minimum absolute atomic E-state index is 0.121. The van der Waals surface area contributed by atoms with Crippen molar-refractivity contribution in [2.75, 3.05) is 18.0 Å². The number of benzene rings is 2. The monoisotopic (exact) mass is 373 g/mol. The first-order valence-electron chi connectivity index (χ1n) is 9.49. The summed E-state index contributed by atoms with van der Waals surface area (Å²) in [5.41, 5.74) is 7.10. The Bertz CT molecular complexity index is 964. The maximum absolute atomic E-state index is 12.3. The maximum Gasteiger partial charge on any atom is 0.259 e. The Morgan fingerprint density at radius 2 is 1.96 bits per heavy atom. The zero-order valence-corrected chi connectivity index (χ0v) is 15.7. The summed E-state index contributed by atoms with van der Waals surface area (Å²) in [7, 11) is 0. The molecule has 1 amide bonds. The number of aryl methyl sites for hydroxylation is 1.